The summed E-state index contributed by atoms with van der Waals surface area (Å²) in [5.41, 5.74) is 2.54. The summed E-state index contributed by atoms with van der Waals surface area (Å²) in [5, 5.41) is 7.25. The second kappa shape index (κ2) is 10.8. The molecule has 0 aliphatic rings. The number of benzene rings is 3. The smallest absolute Gasteiger partial charge is 0.336 e. The summed E-state index contributed by atoms with van der Waals surface area (Å²) in [7, 11) is 1.62. The molecule has 2 heterocycles. The van der Waals surface area contributed by atoms with Crippen molar-refractivity contribution in [3.05, 3.63) is 108 Å². The minimum Gasteiger partial charge on any atom is -0.497 e. The van der Waals surface area contributed by atoms with E-state index < -0.39 is 5.82 Å². The van der Waals surface area contributed by atoms with Gasteiger partial charge in [0.05, 0.1) is 31.2 Å². The van der Waals surface area contributed by atoms with Crippen LogP contribution in [0, 0.1) is 5.82 Å². The maximum atomic E-state index is 14.7. The van der Waals surface area contributed by atoms with Crippen LogP contribution in [0.25, 0.3) is 17.1 Å². The highest BCUT2D eigenvalue weighted by atomic mass is 19.1. The SMILES string of the molecule is COc1ccc(CCOc2nc(-c3ccccc3F)n(-c3ccc(NC(=O)c4ccco4)cc3)n2)cc1. The first-order valence-corrected chi connectivity index (χ1v) is 11.5. The molecule has 0 atom stereocenters. The monoisotopic (exact) mass is 498 g/mol. The molecule has 0 saturated heterocycles. The maximum absolute atomic E-state index is 14.7. The molecule has 5 aromatic rings. The van der Waals surface area contributed by atoms with E-state index in [4.69, 9.17) is 13.9 Å². The molecule has 0 fully saturated rings. The molecule has 0 radical (unpaired) electrons. The van der Waals surface area contributed by atoms with Gasteiger partial charge in [-0.05, 0) is 66.2 Å². The van der Waals surface area contributed by atoms with Crippen LogP contribution in [0.15, 0.2) is 95.6 Å². The van der Waals surface area contributed by atoms with Gasteiger partial charge in [-0.2, -0.15) is 4.98 Å². The number of nitrogens with zero attached hydrogens (tertiary/aromatic N) is 3. The fraction of sp³-hybridized carbons (Fsp3) is 0.107. The van der Waals surface area contributed by atoms with Gasteiger partial charge in [0.25, 0.3) is 5.91 Å². The van der Waals surface area contributed by atoms with Gasteiger partial charge in [-0.1, -0.05) is 24.3 Å². The third-order valence-corrected chi connectivity index (χ3v) is 5.60. The normalized spacial score (nSPS) is 10.8. The lowest BCUT2D eigenvalue weighted by atomic mass is 10.1. The molecule has 0 aliphatic carbocycles. The van der Waals surface area contributed by atoms with E-state index in [1.807, 2.05) is 24.3 Å². The number of halogens is 1. The van der Waals surface area contributed by atoms with Gasteiger partial charge in [-0.15, -0.1) is 5.10 Å². The van der Waals surface area contributed by atoms with Gasteiger partial charge in [0, 0.05) is 12.1 Å². The van der Waals surface area contributed by atoms with Crippen molar-refractivity contribution in [3.63, 3.8) is 0 Å². The number of amides is 1. The summed E-state index contributed by atoms with van der Waals surface area (Å²) in [6.07, 6.45) is 2.07. The zero-order valence-corrected chi connectivity index (χ0v) is 19.9. The van der Waals surface area contributed by atoms with Crippen molar-refractivity contribution in [2.45, 2.75) is 6.42 Å². The van der Waals surface area contributed by atoms with Crippen molar-refractivity contribution in [1.29, 1.82) is 0 Å². The largest absolute Gasteiger partial charge is 0.497 e. The topological polar surface area (TPSA) is 91.4 Å². The Balaban J connectivity index is 1.36. The summed E-state index contributed by atoms with van der Waals surface area (Å²) in [6.45, 7) is 0.338. The summed E-state index contributed by atoms with van der Waals surface area (Å²) in [4.78, 5) is 16.7. The van der Waals surface area contributed by atoms with E-state index in [1.165, 1.54) is 17.0 Å². The van der Waals surface area contributed by atoms with Gasteiger partial charge in [0.2, 0.25) is 0 Å². The number of ether oxygens (including phenoxy) is 2. The lowest BCUT2D eigenvalue weighted by Gasteiger charge is -2.08. The quantitative estimate of drug-likeness (QED) is 0.287. The van der Waals surface area contributed by atoms with Crippen LogP contribution < -0.4 is 14.8 Å². The highest BCUT2D eigenvalue weighted by Gasteiger charge is 2.18. The number of methoxy groups -OCH3 is 1. The maximum Gasteiger partial charge on any atom is 0.336 e. The van der Waals surface area contributed by atoms with E-state index >= 15 is 0 Å². The number of carbonyl (C=O) groups is 1. The van der Waals surface area contributed by atoms with Crippen LogP contribution in [0.2, 0.25) is 0 Å². The standard InChI is InChI=1S/C28H23FN4O4/c1-35-22-14-8-19(9-15-22)16-18-37-28-31-26(23-5-2-3-6-24(23)29)33(32-28)21-12-10-20(11-13-21)30-27(34)25-7-4-17-36-25/h2-15,17H,16,18H2,1H3,(H,30,34). The zero-order valence-electron chi connectivity index (χ0n) is 19.9. The van der Waals surface area contributed by atoms with Crippen LogP contribution >= 0.6 is 0 Å². The fourth-order valence-corrected chi connectivity index (χ4v) is 3.69. The van der Waals surface area contributed by atoms with Gasteiger partial charge < -0.3 is 19.2 Å². The zero-order chi connectivity index (χ0) is 25.6. The Morgan fingerprint density at radius 1 is 1.00 bits per heavy atom. The molecule has 2 aromatic heterocycles. The number of hydrogen-bond donors (Lipinski definition) is 1. The predicted octanol–water partition coefficient (Wildman–Crippen LogP) is 5.55. The summed E-state index contributed by atoms with van der Waals surface area (Å²) in [5.74, 6) is 0.496. The van der Waals surface area contributed by atoms with Crippen LogP contribution in [0.1, 0.15) is 16.1 Å². The van der Waals surface area contributed by atoms with Crippen molar-refractivity contribution >= 4 is 11.6 Å². The Labute approximate surface area is 212 Å². The van der Waals surface area contributed by atoms with Crippen LogP contribution in [0.5, 0.6) is 11.8 Å². The second-order valence-electron chi connectivity index (χ2n) is 8.03. The molecule has 8 nitrogen and oxygen atoms in total. The van der Waals surface area contributed by atoms with Gasteiger partial charge in [-0.3, -0.25) is 4.79 Å². The van der Waals surface area contributed by atoms with Crippen LogP contribution in [0.4, 0.5) is 10.1 Å². The van der Waals surface area contributed by atoms with Gasteiger partial charge >= 0.3 is 6.01 Å². The van der Waals surface area contributed by atoms with Crippen LogP contribution in [0.3, 0.4) is 0 Å². The Morgan fingerprint density at radius 3 is 2.49 bits per heavy atom. The lowest BCUT2D eigenvalue weighted by molar-refractivity contribution is 0.0996. The molecule has 0 aliphatic heterocycles. The Kier molecular flexibility index (Phi) is 6.93. The summed E-state index contributed by atoms with van der Waals surface area (Å²) >= 11 is 0. The van der Waals surface area contributed by atoms with E-state index in [2.05, 4.69) is 15.4 Å². The summed E-state index contributed by atoms with van der Waals surface area (Å²) < 4.78 is 32.3. The van der Waals surface area contributed by atoms with E-state index in [1.54, 1.807) is 61.7 Å². The highest BCUT2D eigenvalue weighted by molar-refractivity contribution is 6.02. The van der Waals surface area contributed by atoms with Crippen molar-refractivity contribution in [2.24, 2.45) is 0 Å². The number of furan rings is 1. The molecule has 186 valence electrons. The lowest BCUT2D eigenvalue weighted by Crippen LogP contribution is -2.10. The van der Waals surface area contributed by atoms with Crippen molar-refractivity contribution in [2.75, 3.05) is 19.0 Å². The van der Waals surface area contributed by atoms with Crippen molar-refractivity contribution in [3.8, 4) is 28.8 Å². The van der Waals surface area contributed by atoms with E-state index in [9.17, 15) is 9.18 Å². The predicted molar refractivity (Wildman–Crippen MR) is 136 cm³/mol. The number of rotatable bonds is 9. The number of hydrogen-bond acceptors (Lipinski definition) is 6. The molecule has 1 amide bonds. The molecule has 0 bridgehead atoms. The molecule has 1 N–H and O–H groups in total. The second-order valence-corrected chi connectivity index (χ2v) is 8.03. The van der Waals surface area contributed by atoms with Crippen LogP contribution in [-0.4, -0.2) is 34.4 Å². The Hall–Kier alpha value is -4.92. The molecule has 0 spiro atoms. The molecule has 9 heteroatoms. The summed E-state index contributed by atoms with van der Waals surface area (Å²) in [6, 6.07) is 24.3. The van der Waals surface area contributed by atoms with E-state index in [0.29, 0.717) is 30.2 Å². The van der Waals surface area contributed by atoms with Gasteiger partial charge in [-0.25, -0.2) is 9.07 Å². The molecular weight excluding hydrogens is 475 g/mol. The average Bonchev–Trinajstić information content (AvgIpc) is 3.61. The molecule has 3 aromatic carbocycles. The fourth-order valence-electron chi connectivity index (χ4n) is 3.69. The van der Waals surface area contributed by atoms with E-state index in [-0.39, 0.29) is 23.2 Å². The van der Waals surface area contributed by atoms with E-state index in [0.717, 1.165) is 11.3 Å². The Morgan fingerprint density at radius 2 is 1.78 bits per heavy atom. The van der Waals surface area contributed by atoms with Gasteiger partial charge in [0.15, 0.2) is 11.6 Å². The first-order valence-electron chi connectivity index (χ1n) is 11.5. The average molecular weight is 499 g/mol. The first kappa shape index (κ1) is 23.8. The number of carbonyl (C=O) groups excluding carboxylic acids is 1. The van der Waals surface area contributed by atoms with Crippen LogP contribution in [-0.2, 0) is 6.42 Å². The van der Waals surface area contributed by atoms with Gasteiger partial charge in [0.1, 0.15) is 11.6 Å². The third-order valence-electron chi connectivity index (χ3n) is 5.60. The minimum atomic E-state index is -0.428. The third kappa shape index (κ3) is 5.51. The van der Waals surface area contributed by atoms with Crippen molar-refractivity contribution in [1.82, 2.24) is 14.8 Å². The number of nitrogens with one attached hydrogen (secondary N) is 1. The Bertz CT molecular complexity index is 1480. The minimum absolute atomic E-state index is 0.127. The molecule has 0 unspecified atom stereocenters. The molecule has 0 saturated carbocycles. The highest BCUT2D eigenvalue weighted by Crippen LogP contribution is 2.26. The first-order chi connectivity index (χ1) is 18.1. The molecule has 37 heavy (non-hydrogen) atoms. The van der Waals surface area contributed by atoms with Crippen molar-refractivity contribution < 1.29 is 23.1 Å². The molecule has 5 rings (SSSR count). The number of aromatic nitrogens is 3. The molecular formula is C28H23FN4O4. The number of anilines is 1.